The predicted octanol–water partition coefficient (Wildman–Crippen LogP) is 4.67. The second-order valence-electron chi connectivity index (χ2n) is 5.35. The molecule has 0 fully saturated rings. The first-order valence-corrected chi connectivity index (χ1v) is 7.17. The van der Waals surface area contributed by atoms with Crippen LogP contribution in [0.2, 0.25) is 5.02 Å². The standard InChI is InChI=1S/C17H18ClNO/c1-10-4-7-16(20-3)13(8-10)15-9-12-5-6-14(18)11(2)17(12)19-15/h4-8,15,19H,9H2,1-3H3. The molecule has 1 atom stereocenters. The van der Waals surface area contributed by atoms with Crippen molar-refractivity contribution in [3.63, 3.8) is 0 Å². The monoisotopic (exact) mass is 287 g/mol. The van der Waals surface area contributed by atoms with E-state index in [-0.39, 0.29) is 6.04 Å². The Balaban J connectivity index is 2.00. The van der Waals surface area contributed by atoms with Gasteiger partial charge in [-0.15, -0.1) is 0 Å². The molecule has 0 bridgehead atoms. The molecule has 0 amide bonds. The molecule has 20 heavy (non-hydrogen) atoms. The molecule has 0 saturated heterocycles. The van der Waals surface area contributed by atoms with Gasteiger partial charge in [0.05, 0.1) is 13.2 Å². The van der Waals surface area contributed by atoms with Gasteiger partial charge in [0.25, 0.3) is 0 Å². The first kappa shape index (κ1) is 13.3. The van der Waals surface area contributed by atoms with Gasteiger partial charge in [0.2, 0.25) is 0 Å². The normalized spacial score (nSPS) is 16.7. The number of nitrogens with one attached hydrogen (secondary N) is 1. The van der Waals surface area contributed by atoms with Gasteiger partial charge >= 0.3 is 0 Å². The van der Waals surface area contributed by atoms with E-state index in [1.54, 1.807) is 7.11 Å². The van der Waals surface area contributed by atoms with Crippen molar-refractivity contribution in [2.45, 2.75) is 26.3 Å². The van der Waals surface area contributed by atoms with E-state index in [1.165, 1.54) is 22.4 Å². The quantitative estimate of drug-likeness (QED) is 0.866. The molecule has 3 rings (SSSR count). The topological polar surface area (TPSA) is 21.3 Å². The molecule has 1 aliphatic heterocycles. The lowest BCUT2D eigenvalue weighted by Crippen LogP contribution is -2.08. The van der Waals surface area contributed by atoms with Gasteiger partial charge in [-0.1, -0.05) is 35.4 Å². The third kappa shape index (κ3) is 2.14. The van der Waals surface area contributed by atoms with Gasteiger partial charge in [-0.3, -0.25) is 0 Å². The van der Waals surface area contributed by atoms with E-state index in [2.05, 4.69) is 37.4 Å². The minimum absolute atomic E-state index is 0.247. The van der Waals surface area contributed by atoms with Crippen LogP contribution in [0.5, 0.6) is 5.75 Å². The Morgan fingerprint density at radius 1 is 1.20 bits per heavy atom. The predicted molar refractivity (Wildman–Crippen MR) is 84.0 cm³/mol. The fourth-order valence-corrected chi connectivity index (χ4v) is 3.03. The maximum absolute atomic E-state index is 6.21. The van der Waals surface area contributed by atoms with E-state index in [4.69, 9.17) is 16.3 Å². The smallest absolute Gasteiger partial charge is 0.124 e. The van der Waals surface area contributed by atoms with Crippen LogP contribution in [0, 0.1) is 13.8 Å². The first-order chi connectivity index (χ1) is 9.60. The number of anilines is 1. The van der Waals surface area contributed by atoms with Crippen LogP contribution in [0.1, 0.15) is 28.3 Å². The maximum atomic E-state index is 6.21. The van der Waals surface area contributed by atoms with Crippen LogP contribution >= 0.6 is 11.6 Å². The number of halogens is 1. The van der Waals surface area contributed by atoms with Gasteiger partial charge in [0.15, 0.2) is 0 Å². The van der Waals surface area contributed by atoms with Crippen LogP contribution in [0.4, 0.5) is 5.69 Å². The Morgan fingerprint density at radius 3 is 2.75 bits per heavy atom. The van der Waals surface area contributed by atoms with Crippen LogP contribution in [0.25, 0.3) is 0 Å². The van der Waals surface area contributed by atoms with Crippen molar-refractivity contribution >= 4 is 17.3 Å². The van der Waals surface area contributed by atoms with Crippen LogP contribution < -0.4 is 10.1 Å². The van der Waals surface area contributed by atoms with Gasteiger partial charge in [0.1, 0.15) is 5.75 Å². The number of aryl methyl sites for hydroxylation is 1. The summed E-state index contributed by atoms with van der Waals surface area (Å²) in [6.07, 6.45) is 0.965. The highest BCUT2D eigenvalue weighted by molar-refractivity contribution is 6.31. The summed E-state index contributed by atoms with van der Waals surface area (Å²) in [6.45, 7) is 4.16. The summed E-state index contributed by atoms with van der Waals surface area (Å²) in [4.78, 5) is 0. The molecule has 0 spiro atoms. The Hall–Kier alpha value is -1.67. The second-order valence-corrected chi connectivity index (χ2v) is 5.76. The Labute approximate surface area is 124 Å². The van der Waals surface area contributed by atoms with Crippen molar-refractivity contribution in [1.82, 2.24) is 0 Å². The van der Waals surface area contributed by atoms with Crippen molar-refractivity contribution < 1.29 is 4.74 Å². The van der Waals surface area contributed by atoms with E-state index >= 15 is 0 Å². The number of hydrogen-bond acceptors (Lipinski definition) is 2. The summed E-state index contributed by atoms with van der Waals surface area (Å²) in [5, 5.41) is 4.41. The lowest BCUT2D eigenvalue weighted by molar-refractivity contribution is 0.407. The van der Waals surface area contributed by atoms with E-state index in [9.17, 15) is 0 Å². The summed E-state index contributed by atoms with van der Waals surface area (Å²) < 4.78 is 5.50. The fraction of sp³-hybridized carbons (Fsp3) is 0.294. The summed E-state index contributed by atoms with van der Waals surface area (Å²) in [5.41, 5.74) is 6.07. The largest absolute Gasteiger partial charge is 0.496 e. The number of fused-ring (bicyclic) bond motifs is 1. The van der Waals surface area contributed by atoms with Gasteiger partial charge in [-0.25, -0.2) is 0 Å². The van der Waals surface area contributed by atoms with Crippen molar-refractivity contribution in [2.75, 3.05) is 12.4 Å². The van der Waals surface area contributed by atoms with Gasteiger partial charge in [0, 0.05) is 16.3 Å². The van der Waals surface area contributed by atoms with E-state index < -0.39 is 0 Å². The number of benzene rings is 2. The minimum atomic E-state index is 0.247. The van der Waals surface area contributed by atoms with Crippen LogP contribution in [-0.2, 0) is 6.42 Å². The molecule has 0 saturated carbocycles. The average molecular weight is 288 g/mol. The molecule has 0 radical (unpaired) electrons. The van der Waals surface area contributed by atoms with Crippen molar-refractivity contribution in [3.05, 3.63) is 57.6 Å². The molecule has 2 aromatic rings. The maximum Gasteiger partial charge on any atom is 0.124 e. The van der Waals surface area contributed by atoms with Crippen molar-refractivity contribution in [3.8, 4) is 5.75 Å². The summed E-state index contributed by atoms with van der Waals surface area (Å²) in [6, 6.07) is 10.6. The zero-order chi connectivity index (χ0) is 14.3. The fourth-order valence-electron chi connectivity index (χ4n) is 2.87. The molecule has 1 aliphatic rings. The molecule has 1 heterocycles. The SMILES string of the molecule is COc1ccc(C)cc1C1Cc2ccc(Cl)c(C)c2N1. The highest BCUT2D eigenvalue weighted by Crippen LogP contribution is 2.41. The summed E-state index contributed by atoms with van der Waals surface area (Å²) in [5.74, 6) is 0.935. The summed E-state index contributed by atoms with van der Waals surface area (Å²) in [7, 11) is 1.72. The molecule has 104 valence electrons. The molecular weight excluding hydrogens is 270 g/mol. The number of ether oxygens (including phenoxy) is 1. The van der Waals surface area contributed by atoms with Crippen LogP contribution in [0.3, 0.4) is 0 Å². The molecule has 2 nitrogen and oxygen atoms in total. The van der Waals surface area contributed by atoms with Gasteiger partial charge < -0.3 is 10.1 Å². The highest BCUT2D eigenvalue weighted by atomic mass is 35.5. The number of rotatable bonds is 2. The lowest BCUT2D eigenvalue weighted by Gasteiger charge is -2.17. The molecule has 1 unspecified atom stereocenters. The van der Waals surface area contributed by atoms with E-state index in [1.807, 2.05) is 12.1 Å². The van der Waals surface area contributed by atoms with E-state index in [0.29, 0.717) is 0 Å². The van der Waals surface area contributed by atoms with Gasteiger partial charge in [-0.2, -0.15) is 0 Å². The molecule has 0 aliphatic carbocycles. The zero-order valence-electron chi connectivity index (χ0n) is 12.0. The van der Waals surface area contributed by atoms with Crippen molar-refractivity contribution in [1.29, 1.82) is 0 Å². The molecule has 1 N–H and O–H groups in total. The Bertz CT molecular complexity index is 666. The third-order valence-electron chi connectivity index (χ3n) is 3.99. The zero-order valence-corrected chi connectivity index (χ0v) is 12.7. The minimum Gasteiger partial charge on any atom is -0.496 e. The third-order valence-corrected chi connectivity index (χ3v) is 4.40. The van der Waals surface area contributed by atoms with Crippen molar-refractivity contribution in [2.24, 2.45) is 0 Å². The molecular formula is C17H18ClNO. The Morgan fingerprint density at radius 2 is 2.00 bits per heavy atom. The van der Waals surface area contributed by atoms with Crippen LogP contribution in [0.15, 0.2) is 30.3 Å². The number of hydrogen-bond donors (Lipinski definition) is 1. The second kappa shape index (κ2) is 5.02. The van der Waals surface area contributed by atoms with Gasteiger partial charge in [-0.05, 0) is 43.5 Å². The Kier molecular flexibility index (Phi) is 3.35. The average Bonchev–Trinajstić information content (AvgIpc) is 2.88. The van der Waals surface area contributed by atoms with E-state index in [0.717, 1.165) is 22.8 Å². The number of methoxy groups -OCH3 is 1. The molecule has 2 aromatic carbocycles. The van der Waals surface area contributed by atoms with Crippen LogP contribution in [-0.4, -0.2) is 7.11 Å². The first-order valence-electron chi connectivity index (χ1n) is 6.79. The summed E-state index contributed by atoms with van der Waals surface area (Å²) >= 11 is 6.21. The molecule has 0 aromatic heterocycles. The lowest BCUT2D eigenvalue weighted by atomic mass is 10.00. The molecule has 3 heteroatoms. The highest BCUT2D eigenvalue weighted by Gasteiger charge is 2.26.